The minimum Gasteiger partial charge on any atom is -0.344 e. The van der Waals surface area contributed by atoms with Crippen LogP contribution in [0.15, 0.2) is 180 Å². The fraction of sp³-hybridized carbons (Fsp3) is 0.0227. The summed E-state index contributed by atoms with van der Waals surface area (Å²) in [5.41, 5.74) is 10.5. The lowest BCUT2D eigenvalue weighted by Gasteiger charge is -2.23. The number of rotatable bonds is 6. The third-order valence-electron chi connectivity index (χ3n) is 8.76. The summed E-state index contributed by atoms with van der Waals surface area (Å²) in [5.74, 6) is 1.52. The SMILES string of the molecule is N#Cc1cccc(-c2ccc(-c3ccc4ccc(-c5ccc(C6=NC(c7ccccc7)NC(c7ccccc7)=N6)cc5)cc4c3)cc2)c1. The van der Waals surface area contributed by atoms with Crippen molar-refractivity contribution in [3.05, 3.63) is 192 Å². The van der Waals surface area contributed by atoms with Crippen LogP contribution in [0.1, 0.15) is 28.4 Å². The van der Waals surface area contributed by atoms with Gasteiger partial charge in [-0.2, -0.15) is 5.26 Å². The number of hydrogen-bond acceptors (Lipinski definition) is 4. The van der Waals surface area contributed by atoms with E-state index in [0.29, 0.717) is 11.4 Å². The molecule has 1 unspecified atom stereocenters. The largest absolute Gasteiger partial charge is 0.344 e. The summed E-state index contributed by atoms with van der Waals surface area (Å²) in [6.45, 7) is 0. The van der Waals surface area contributed by atoms with E-state index in [1.165, 1.54) is 10.8 Å². The van der Waals surface area contributed by atoms with Crippen LogP contribution in [-0.4, -0.2) is 11.7 Å². The highest BCUT2D eigenvalue weighted by atomic mass is 15.2. The fourth-order valence-corrected chi connectivity index (χ4v) is 6.17. The molecule has 7 aromatic rings. The number of fused-ring (bicyclic) bond motifs is 1. The van der Waals surface area contributed by atoms with Gasteiger partial charge in [0.15, 0.2) is 5.84 Å². The fourth-order valence-electron chi connectivity index (χ4n) is 6.17. The van der Waals surface area contributed by atoms with Crippen LogP contribution in [0.4, 0.5) is 0 Å². The average molecular weight is 615 g/mol. The maximum Gasteiger partial charge on any atom is 0.159 e. The molecule has 1 atom stereocenters. The molecule has 0 radical (unpaired) electrons. The zero-order chi connectivity index (χ0) is 32.3. The first-order chi connectivity index (χ1) is 23.7. The molecule has 0 spiro atoms. The Morgan fingerprint density at radius 1 is 0.458 bits per heavy atom. The summed E-state index contributed by atoms with van der Waals surface area (Å²) >= 11 is 0. The second kappa shape index (κ2) is 12.7. The number of amidine groups is 2. The topological polar surface area (TPSA) is 60.5 Å². The van der Waals surface area contributed by atoms with E-state index < -0.39 is 0 Å². The summed E-state index contributed by atoms with van der Waals surface area (Å²) < 4.78 is 0. The lowest BCUT2D eigenvalue weighted by atomic mass is 9.96. The molecule has 1 heterocycles. The third-order valence-corrected chi connectivity index (χ3v) is 8.76. The van der Waals surface area contributed by atoms with Crippen molar-refractivity contribution in [1.82, 2.24) is 5.32 Å². The van der Waals surface area contributed by atoms with Crippen LogP contribution in [-0.2, 0) is 0 Å². The van der Waals surface area contributed by atoms with Crippen molar-refractivity contribution < 1.29 is 0 Å². The molecule has 1 N–H and O–H groups in total. The van der Waals surface area contributed by atoms with Gasteiger partial charge in [0, 0.05) is 11.1 Å². The molecule has 8 rings (SSSR count). The van der Waals surface area contributed by atoms with Gasteiger partial charge < -0.3 is 5.32 Å². The highest BCUT2D eigenvalue weighted by Gasteiger charge is 2.20. The van der Waals surface area contributed by atoms with E-state index >= 15 is 0 Å². The van der Waals surface area contributed by atoms with Crippen LogP contribution in [0, 0.1) is 11.3 Å². The van der Waals surface area contributed by atoms with E-state index in [9.17, 15) is 5.26 Å². The Labute approximate surface area is 280 Å². The predicted octanol–water partition coefficient (Wildman–Crippen LogP) is 10.2. The quantitative estimate of drug-likeness (QED) is 0.203. The Hall–Kier alpha value is -6.57. The minimum atomic E-state index is -0.228. The van der Waals surface area contributed by atoms with E-state index in [0.717, 1.165) is 55.9 Å². The van der Waals surface area contributed by atoms with Crippen LogP contribution < -0.4 is 5.32 Å². The summed E-state index contributed by atoms with van der Waals surface area (Å²) in [7, 11) is 0. The average Bonchev–Trinajstić information content (AvgIpc) is 3.18. The molecule has 0 saturated heterocycles. The summed E-state index contributed by atoms with van der Waals surface area (Å²) in [6, 6.07) is 60.7. The Morgan fingerprint density at radius 2 is 0.979 bits per heavy atom. The minimum absolute atomic E-state index is 0.228. The first-order valence-electron chi connectivity index (χ1n) is 16.0. The lowest BCUT2D eigenvalue weighted by Crippen LogP contribution is -2.33. The van der Waals surface area contributed by atoms with Crippen molar-refractivity contribution in [2.24, 2.45) is 9.98 Å². The number of benzene rings is 7. The standard InChI is InChI=1S/C44H30N4/c45-29-30-8-7-13-38(26-30)31-14-16-32(17-15-31)39-24-20-34-21-25-40(28-41(34)27-39)33-18-22-37(23-19-33)44-47-42(35-9-3-1-4-10-35)46-43(48-44)36-11-5-2-6-12-36/h1-28,42H,(H,46,47,48). The highest BCUT2D eigenvalue weighted by molar-refractivity contribution is 6.13. The van der Waals surface area contributed by atoms with Gasteiger partial charge in [0.2, 0.25) is 0 Å². The monoisotopic (exact) mass is 614 g/mol. The van der Waals surface area contributed by atoms with Crippen molar-refractivity contribution in [2.45, 2.75) is 6.17 Å². The van der Waals surface area contributed by atoms with Gasteiger partial charge >= 0.3 is 0 Å². The Balaban J connectivity index is 1.08. The summed E-state index contributed by atoms with van der Waals surface area (Å²) in [6.07, 6.45) is -0.228. The zero-order valence-electron chi connectivity index (χ0n) is 26.1. The molecule has 0 amide bonds. The molecule has 0 aromatic heterocycles. The van der Waals surface area contributed by atoms with E-state index in [2.05, 4.69) is 121 Å². The van der Waals surface area contributed by atoms with Gasteiger partial charge in [-0.05, 0) is 74.0 Å². The van der Waals surface area contributed by atoms with Crippen molar-refractivity contribution in [2.75, 3.05) is 0 Å². The normalized spacial score (nSPS) is 14.0. The number of aliphatic imine (C=N–C) groups is 2. The first-order valence-corrected chi connectivity index (χ1v) is 16.0. The van der Waals surface area contributed by atoms with E-state index in [1.54, 1.807) is 0 Å². The van der Waals surface area contributed by atoms with Gasteiger partial charge in [0.05, 0.1) is 11.6 Å². The maximum absolute atomic E-state index is 9.27. The predicted molar refractivity (Wildman–Crippen MR) is 197 cm³/mol. The highest BCUT2D eigenvalue weighted by Crippen LogP contribution is 2.31. The van der Waals surface area contributed by atoms with E-state index in [4.69, 9.17) is 9.98 Å². The Kier molecular flexibility index (Phi) is 7.62. The lowest BCUT2D eigenvalue weighted by molar-refractivity contribution is 0.674. The van der Waals surface area contributed by atoms with Crippen molar-refractivity contribution in [1.29, 1.82) is 5.26 Å². The second-order valence-corrected chi connectivity index (χ2v) is 11.9. The molecule has 0 bridgehead atoms. The van der Waals surface area contributed by atoms with Crippen LogP contribution in [0.3, 0.4) is 0 Å². The summed E-state index contributed by atoms with van der Waals surface area (Å²) in [4.78, 5) is 9.97. The van der Waals surface area contributed by atoms with Crippen molar-refractivity contribution >= 4 is 22.4 Å². The van der Waals surface area contributed by atoms with Gasteiger partial charge in [-0.3, -0.25) is 0 Å². The molecule has 226 valence electrons. The van der Waals surface area contributed by atoms with Crippen LogP contribution in [0.5, 0.6) is 0 Å². The molecule has 0 fully saturated rings. The van der Waals surface area contributed by atoms with Gasteiger partial charge in [0.1, 0.15) is 12.0 Å². The molecule has 4 nitrogen and oxygen atoms in total. The molecular formula is C44H30N4. The molecule has 7 aromatic carbocycles. The molecule has 48 heavy (non-hydrogen) atoms. The number of nitrogens with zero attached hydrogens (tertiary/aromatic N) is 3. The Morgan fingerprint density at radius 3 is 1.58 bits per heavy atom. The first kappa shape index (κ1) is 28.9. The second-order valence-electron chi connectivity index (χ2n) is 11.9. The van der Waals surface area contributed by atoms with Gasteiger partial charge in [-0.25, -0.2) is 9.98 Å². The van der Waals surface area contributed by atoms with Gasteiger partial charge in [0.25, 0.3) is 0 Å². The molecule has 1 aliphatic heterocycles. The molecule has 1 aliphatic rings. The van der Waals surface area contributed by atoms with E-state index in [-0.39, 0.29) is 6.17 Å². The number of nitriles is 1. The third kappa shape index (κ3) is 5.89. The summed E-state index contributed by atoms with van der Waals surface area (Å²) in [5, 5.41) is 15.2. The van der Waals surface area contributed by atoms with Gasteiger partial charge in [-0.1, -0.05) is 146 Å². The van der Waals surface area contributed by atoms with Gasteiger partial charge in [-0.15, -0.1) is 0 Å². The zero-order valence-corrected chi connectivity index (χ0v) is 26.1. The molecule has 0 saturated carbocycles. The molecule has 4 heteroatoms. The number of hydrogen-bond donors (Lipinski definition) is 1. The van der Waals surface area contributed by atoms with Crippen LogP contribution >= 0.6 is 0 Å². The number of nitrogens with one attached hydrogen (secondary N) is 1. The smallest absolute Gasteiger partial charge is 0.159 e. The Bertz CT molecular complexity index is 2350. The molecule has 0 aliphatic carbocycles. The van der Waals surface area contributed by atoms with Crippen molar-refractivity contribution in [3.63, 3.8) is 0 Å². The maximum atomic E-state index is 9.27. The van der Waals surface area contributed by atoms with Crippen LogP contribution in [0.25, 0.3) is 44.2 Å². The van der Waals surface area contributed by atoms with Crippen molar-refractivity contribution in [3.8, 4) is 39.4 Å². The van der Waals surface area contributed by atoms with Crippen LogP contribution in [0.2, 0.25) is 0 Å². The van der Waals surface area contributed by atoms with E-state index in [1.807, 2.05) is 60.7 Å². The molecular weight excluding hydrogens is 585 g/mol.